The third kappa shape index (κ3) is 4.71. The van der Waals surface area contributed by atoms with E-state index >= 15 is 0 Å². The number of halogens is 2. The van der Waals surface area contributed by atoms with E-state index in [0.717, 1.165) is 20.3 Å². The second kappa shape index (κ2) is 7.60. The summed E-state index contributed by atoms with van der Waals surface area (Å²) in [5.74, 6) is 1.55. The molecular weight excluding hydrogens is 416 g/mol. The molecule has 1 N–H and O–H groups in total. The van der Waals surface area contributed by atoms with Crippen LogP contribution < -0.4 is 10.2 Å². The summed E-state index contributed by atoms with van der Waals surface area (Å²) in [7, 11) is 0. The van der Waals surface area contributed by atoms with Crippen LogP contribution in [0.2, 0.25) is 0 Å². The molecule has 1 aromatic heterocycles. The highest BCUT2D eigenvalue weighted by Crippen LogP contribution is 2.25. The molecule has 1 aromatic carbocycles. The molecular formula is C15H14Br2N2O3. The Morgan fingerprint density at radius 2 is 2.09 bits per heavy atom. The van der Waals surface area contributed by atoms with E-state index < -0.39 is 0 Å². The van der Waals surface area contributed by atoms with E-state index in [4.69, 9.17) is 9.15 Å². The topological polar surface area (TPSA) is 63.8 Å². The Kier molecular flexibility index (Phi) is 5.79. The second-order valence-electron chi connectivity index (χ2n) is 4.57. The van der Waals surface area contributed by atoms with E-state index in [0.29, 0.717) is 11.5 Å². The molecule has 0 saturated heterocycles. The molecule has 0 atom stereocenters. The van der Waals surface area contributed by atoms with E-state index in [2.05, 4.69) is 42.4 Å². The maximum Gasteiger partial charge on any atom is 0.277 e. The first-order valence-corrected chi connectivity index (χ1v) is 8.01. The van der Waals surface area contributed by atoms with Gasteiger partial charge in [0.1, 0.15) is 17.3 Å². The third-order valence-corrected chi connectivity index (χ3v) is 4.11. The van der Waals surface area contributed by atoms with Gasteiger partial charge in [-0.2, -0.15) is 5.10 Å². The molecule has 1 amide bonds. The number of hydrazone groups is 1. The van der Waals surface area contributed by atoms with Crippen LogP contribution in [-0.2, 0) is 4.79 Å². The van der Waals surface area contributed by atoms with Crippen molar-refractivity contribution in [2.45, 2.75) is 13.8 Å². The van der Waals surface area contributed by atoms with Crippen molar-refractivity contribution in [1.29, 1.82) is 0 Å². The van der Waals surface area contributed by atoms with Gasteiger partial charge in [0.2, 0.25) is 0 Å². The van der Waals surface area contributed by atoms with E-state index in [1.165, 1.54) is 6.21 Å². The van der Waals surface area contributed by atoms with Crippen LogP contribution in [0.15, 0.2) is 42.7 Å². The minimum Gasteiger partial charge on any atom is -0.483 e. The van der Waals surface area contributed by atoms with Gasteiger partial charge in [-0.15, -0.1) is 0 Å². The lowest BCUT2D eigenvalue weighted by Crippen LogP contribution is -2.24. The lowest BCUT2D eigenvalue weighted by Gasteiger charge is -2.07. The molecule has 0 spiro atoms. The minimum atomic E-state index is -0.355. The van der Waals surface area contributed by atoms with Gasteiger partial charge in [-0.05, 0) is 63.4 Å². The van der Waals surface area contributed by atoms with Crippen LogP contribution in [0.1, 0.15) is 17.1 Å². The quantitative estimate of drug-likeness (QED) is 0.578. The molecule has 22 heavy (non-hydrogen) atoms. The number of hydrogen-bond acceptors (Lipinski definition) is 4. The number of benzene rings is 1. The summed E-state index contributed by atoms with van der Waals surface area (Å²) in [5, 5.41) is 3.81. The van der Waals surface area contributed by atoms with Gasteiger partial charge in [-0.3, -0.25) is 4.79 Å². The summed E-state index contributed by atoms with van der Waals surface area (Å²) < 4.78 is 12.4. The summed E-state index contributed by atoms with van der Waals surface area (Å²) in [6.45, 7) is 3.68. The van der Waals surface area contributed by atoms with Gasteiger partial charge in [0.15, 0.2) is 6.61 Å². The Morgan fingerprint density at radius 3 is 2.73 bits per heavy atom. The van der Waals surface area contributed by atoms with E-state index in [1.54, 1.807) is 12.1 Å². The summed E-state index contributed by atoms with van der Waals surface area (Å²) in [5.41, 5.74) is 3.48. The van der Waals surface area contributed by atoms with E-state index in [9.17, 15) is 4.79 Å². The van der Waals surface area contributed by atoms with Gasteiger partial charge >= 0.3 is 0 Å². The molecule has 0 aliphatic rings. The summed E-state index contributed by atoms with van der Waals surface area (Å²) in [4.78, 5) is 11.7. The zero-order valence-corrected chi connectivity index (χ0v) is 15.2. The SMILES string of the molecule is Cc1ccc(OCC(=O)NN=Cc2cc(Br)c(C)o2)c(Br)c1. The number of rotatable bonds is 5. The largest absolute Gasteiger partial charge is 0.483 e. The molecule has 7 heteroatoms. The number of aryl methyl sites for hydroxylation is 2. The smallest absolute Gasteiger partial charge is 0.277 e. The van der Waals surface area contributed by atoms with Crippen molar-refractivity contribution in [3.63, 3.8) is 0 Å². The highest BCUT2D eigenvalue weighted by Gasteiger charge is 2.06. The molecule has 0 saturated carbocycles. The third-order valence-electron chi connectivity index (χ3n) is 2.70. The Hall–Kier alpha value is -1.60. The van der Waals surface area contributed by atoms with E-state index in [-0.39, 0.29) is 12.5 Å². The first-order valence-electron chi connectivity index (χ1n) is 6.42. The average molecular weight is 430 g/mol. The lowest BCUT2D eigenvalue weighted by atomic mass is 10.2. The zero-order chi connectivity index (χ0) is 16.1. The van der Waals surface area contributed by atoms with Crippen LogP contribution >= 0.6 is 31.9 Å². The van der Waals surface area contributed by atoms with Gasteiger partial charge in [0.05, 0.1) is 15.2 Å². The Labute approximate surface area is 145 Å². The Bertz CT molecular complexity index is 691. The highest BCUT2D eigenvalue weighted by atomic mass is 79.9. The highest BCUT2D eigenvalue weighted by molar-refractivity contribution is 9.10. The number of amides is 1. The molecule has 5 nitrogen and oxygen atoms in total. The van der Waals surface area contributed by atoms with Crippen LogP contribution in [0.3, 0.4) is 0 Å². The lowest BCUT2D eigenvalue weighted by molar-refractivity contribution is -0.123. The van der Waals surface area contributed by atoms with Crippen molar-refractivity contribution in [2.24, 2.45) is 5.10 Å². The minimum absolute atomic E-state index is 0.125. The number of hydrogen-bond donors (Lipinski definition) is 1. The first-order chi connectivity index (χ1) is 10.5. The van der Waals surface area contributed by atoms with Crippen LogP contribution in [0, 0.1) is 13.8 Å². The molecule has 0 radical (unpaired) electrons. The van der Waals surface area contributed by atoms with Crippen molar-refractivity contribution in [3.05, 3.63) is 50.3 Å². The fourth-order valence-electron chi connectivity index (χ4n) is 1.61. The van der Waals surface area contributed by atoms with Crippen LogP contribution in [0.25, 0.3) is 0 Å². The summed E-state index contributed by atoms with van der Waals surface area (Å²) in [6, 6.07) is 7.40. The number of carbonyl (C=O) groups excluding carboxylic acids is 1. The molecule has 0 aliphatic heterocycles. The van der Waals surface area contributed by atoms with Gasteiger partial charge < -0.3 is 9.15 Å². The van der Waals surface area contributed by atoms with Gasteiger partial charge in [0, 0.05) is 6.07 Å². The van der Waals surface area contributed by atoms with Crippen molar-refractivity contribution < 1.29 is 13.9 Å². The fourth-order valence-corrected chi connectivity index (χ4v) is 2.53. The molecule has 116 valence electrons. The molecule has 0 fully saturated rings. The molecule has 1 heterocycles. The Balaban J connectivity index is 1.83. The van der Waals surface area contributed by atoms with Crippen LogP contribution in [-0.4, -0.2) is 18.7 Å². The standard InChI is InChI=1S/C15H14Br2N2O3/c1-9-3-4-14(13(17)5-9)21-8-15(20)19-18-7-11-6-12(16)10(2)22-11/h3-7H,8H2,1-2H3,(H,19,20). The number of carbonyl (C=O) groups is 1. The first kappa shape index (κ1) is 16.8. The predicted octanol–water partition coefficient (Wildman–Crippen LogP) is 3.95. The predicted molar refractivity (Wildman–Crippen MR) is 91.3 cm³/mol. The Morgan fingerprint density at radius 1 is 1.32 bits per heavy atom. The molecule has 2 rings (SSSR count). The second-order valence-corrected chi connectivity index (χ2v) is 6.28. The molecule has 0 bridgehead atoms. The number of furan rings is 1. The molecule has 2 aromatic rings. The number of ether oxygens (including phenoxy) is 1. The van der Waals surface area contributed by atoms with Crippen molar-refractivity contribution in [2.75, 3.05) is 6.61 Å². The van der Waals surface area contributed by atoms with Gasteiger partial charge in [-0.25, -0.2) is 5.43 Å². The number of nitrogens with zero attached hydrogens (tertiary/aromatic N) is 1. The average Bonchev–Trinajstić information content (AvgIpc) is 2.76. The monoisotopic (exact) mass is 428 g/mol. The fraction of sp³-hybridized carbons (Fsp3) is 0.200. The molecule has 0 unspecified atom stereocenters. The van der Waals surface area contributed by atoms with Crippen molar-refractivity contribution in [1.82, 2.24) is 5.43 Å². The van der Waals surface area contributed by atoms with Crippen molar-refractivity contribution >= 4 is 44.0 Å². The molecule has 0 aliphatic carbocycles. The summed E-state index contributed by atoms with van der Waals surface area (Å²) >= 11 is 6.72. The van der Waals surface area contributed by atoms with Crippen LogP contribution in [0.4, 0.5) is 0 Å². The van der Waals surface area contributed by atoms with Gasteiger partial charge in [-0.1, -0.05) is 6.07 Å². The normalized spacial score (nSPS) is 10.9. The van der Waals surface area contributed by atoms with E-state index in [1.807, 2.05) is 26.0 Å². The van der Waals surface area contributed by atoms with Crippen molar-refractivity contribution in [3.8, 4) is 5.75 Å². The van der Waals surface area contributed by atoms with Crippen LogP contribution in [0.5, 0.6) is 5.75 Å². The zero-order valence-electron chi connectivity index (χ0n) is 12.0. The van der Waals surface area contributed by atoms with Gasteiger partial charge in [0.25, 0.3) is 5.91 Å². The maximum absolute atomic E-state index is 11.7. The maximum atomic E-state index is 11.7. The summed E-state index contributed by atoms with van der Waals surface area (Å²) in [6.07, 6.45) is 1.43. The number of nitrogens with one attached hydrogen (secondary N) is 1.